The van der Waals surface area contributed by atoms with Gasteiger partial charge in [-0.15, -0.1) is 0 Å². The third-order valence-electron chi connectivity index (χ3n) is 3.10. The summed E-state index contributed by atoms with van der Waals surface area (Å²) >= 11 is 0. The fraction of sp³-hybridized carbons (Fsp3) is 0.385. The Morgan fingerprint density at radius 3 is 3.00 bits per heavy atom. The lowest BCUT2D eigenvalue weighted by molar-refractivity contribution is 0.217. The lowest BCUT2D eigenvalue weighted by Gasteiger charge is -2.27. The Balaban J connectivity index is 1.71. The van der Waals surface area contributed by atoms with Gasteiger partial charge >= 0.3 is 0 Å². The SMILES string of the molecule is OCc1cc(-c2cncc(OC[C@@H]3CCN3)c2)on1. The molecule has 2 aromatic rings. The van der Waals surface area contributed by atoms with Crippen LogP contribution in [0.2, 0.25) is 0 Å². The predicted molar refractivity (Wildman–Crippen MR) is 67.6 cm³/mol. The molecule has 19 heavy (non-hydrogen) atoms. The second-order valence-electron chi connectivity index (χ2n) is 4.50. The highest BCUT2D eigenvalue weighted by Gasteiger charge is 2.17. The average molecular weight is 261 g/mol. The largest absolute Gasteiger partial charge is 0.490 e. The first kappa shape index (κ1) is 12.1. The van der Waals surface area contributed by atoms with E-state index in [1.165, 1.54) is 0 Å². The molecule has 0 saturated carbocycles. The number of pyridine rings is 1. The smallest absolute Gasteiger partial charge is 0.168 e. The lowest BCUT2D eigenvalue weighted by atomic mass is 10.1. The maximum absolute atomic E-state index is 8.96. The van der Waals surface area contributed by atoms with Crippen LogP contribution in [0, 0.1) is 0 Å². The molecule has 0 amide bonds. The molecule has 1 aliphatic rings. The monoisotopic (exact) mass is 261 g/mol. The predicted octanol–water partition coefficient (Wildman–Crippen LogP) is 0.970. The van der Waals surface area contributed by atoms with Gasteiger partial charge in [0.05, 0.1) is 12.8 Å². The number of rotatable bonds is 5. The molecule has 0 spiro atoms. The number of hydrogen-bond donors (Lipinski definition) is 2. The van der Waals surface area contributed by atoms with E-state index in [1.807, 2.05) is 6.07 Å². The van der Waals surface area contributed by atoms with Crippen molar-refractivity contribution in [3.05, 3.63) is 30.2 Å². The van der Waals surface area contributed by atoms with Crippen molar-refractivity contribution in [2.45, 2.75) is 19.1 Å². The summed E-state index contributed by atoms with van der Waals surface area (Å²) in [5.74, 6) is 1.27. The summed E-state index contributed by atoms with van der Waals surface area (Å²) in [5.41, 5.74) is 1.28. The second-order valence-corrected chi connectivity index (χ2v) is 4.50. The molecule has 2 N–H and O–H groups in total. The summed E-state index contributed by atoms with van der Waals surface area (Å²) in [7, 11) is 0. The number of aromatic nitrogens is 2. The molecular formula is C13H15N3O3. The van der Waals surface area contributed by atoms with Gasteiger partial charge in [0.1, 0.15) is 18.1 Å². The van der Waals surface area contributed by atoms with E-state index in [9.17, 15) is 0 Å². The van der Waals surface area contributed by atoms with E-state index in [0.717, 1.165) is 18.5 Å². The van der Waals surface area contributed by atoms with Crippen LogP contribution in [0.5, 0.6) is 5.75 Å². The number of ether oxygens (including phenoxy) is 1. The molecule has 6 heteroatoms. The molecule has 1 atom stereocenters. The number of aliphatic hydroxyl groups is 1. The van der Waals surface area contributed by atoms with Crippen LogP contribution in [0.4, 0.5) is 0 Å². The van der Waals surface area contributed by atoms with Crippen LogP contribution in [0.3, 0.4) is 0 Å². The highest BCUT2D eigenvalue weighted by Crippen LogP contribution is 2.23. The van der Waals surface area contributed by atoms with Gasteiger partial charge in [0.2, 0.25) is 0 Å². The van der Waals surface area contributed by atoms with E-state index >= 15 is 0 Å². The van der Waals surface area contributed by atoms with E-state index in [1.54, 1.807) is 18.5 Å². The first-order valence-corrected chi connectivity index (χ1v) is 6.23. The highest BCUT2D eigenvalue weighted by atomic mass is 16.5. The highest BCUT2D eigenvalue weighted by molar-refractivity contribution is 5.57. The van der Waals surface area contributed by atoms with Gasteiger partial charge in [0, 0.05) is 23.9 Å². The number of nitrogens with zero attached hydrogens (tertiary/aromatic N) is 2. The molecule has 6 nitrogen and oxygen atoms in total. The molecule has 0 radical (unpaired) electrons. The molecule has 0 unspecified atom stereocenters. The van der Waals surface area contributed by atoms with Crippen LogP contribution >= 0.6 is 0 Å². The lowest BCUT2D eigenvalue weighted by Crippen LogP contribution is -2.46. The molecule has 0 aromatic carbocycles. The molecule has 0 aliphatic carbocycles. The van der Waals surface area contributed by atoms with Crippen molar-refractivity contribution < 1.29 is 14.4 Å². The van der Waals surface area contributed by atoms with Crippen LogP contribution in [-0.2, 0) is 6.61 Å². The fourth-order valence-corrected chi connectivity index (χ4v) is 1.84. The van der Waals surface area contributed by atoms with Crippen LogP contribution in [-0.4, -0.2) is 34.4 Å². The normalized spacial score (nSPS) is 18.1. The zero-order valence-electron chi connectivity index (χ0n) is 10.4. The van der Waals surface area contributed by atoms with Gasteiger partial charge in [0.25, 0.3) is 0 Å². The molecule has 2 aromatic heterocycles. The summed E-state index contributed by atoms with van der Waals surface area (Å²) in [6.45, 7) is 1.57. The number of nitrogens with one attached hydrogen (secondary N) is 1. The van der Waals surface area contributed by atoms with Gasteiger partial charge < -0.3 is 19.7 Å². The summed E-state index contributed by atoms with van der Waals surface area (Å²) in [6.07, 6.45) is 4.50. The molecule has 3 rings (SSSR count). The maximum Gasteiger partial charge on any atom is 0.168 e. The number of hydrogen-bond acceptors (Lipinski definition) is 6. The van der Waals surface area contributed by atoms with Crippen LogP contribution < -0.4 is 10.1 Å². The van der Waals surface area contributed by atoms with E-state index in [4.69, 9.17) is 14.4 Å². The molecular weight excluding hydrogens is 246 g/mol. The van der Waals surface area contributed by atoms with Gasteiger partial charge in [-0.2, -0.15) is 0 Å². The van der Waals surface area contributed by atoms with Crippen LogP contribution in [0.1, 0.15) is 12.1 Å². The summed E-state index contributed by atoms with van der Waals surface area (Å²) in [6, 6.07) is 3.98. The Hall–Kier alpha value is -1.92. The molecule has 1 fully saturated rings. The van der Waals surface area contributed by atoms with Gasteiger partial charge in [-0.25, -0.2) is 0 Å². The third kappa shape index (κ3) is 2.74. The Kier molecular flexibility index (Phi) is 3.43. The van der Waals surface area contributed by atoms with Crippen molar-refractivity contribution in [1.29, 1.82) is 0 Å². The summed E-state index contributed by atoms with van der Waals surface area (Å²) < 4.78 is 10.8. The minimum atomic E-state index is -0.138. The molecule has 0 bridgehead atoms. The Morgan fingerprint density at radius 2 is 2.32 bits per heavy atom. The van der Waals surface area contributed by atoms with Crippen molar-refractivity contribution >= 4 is 0 Å². The molecule has 1 saturated heterocycles. The van der Waals surface area contributed by atoms with Gasteiger partial charge in [-0.1, -0.05) is 5.16 Å². The van der Waals surface area contributed by atoms with Crippen molar-refractivity contribution in [2.24, 2.45) is 0 Å². The Labute approximate surface area is 110 Å². The van der Waals surface area contributed by atoms with Crippen molar-refractivity contribution in [1.82, 2.24) is 15.5 Å². The third-order valence-corrected chi connectivity index (χ3v) is 3.10. The van der Waals surface area contributed by atoms with Crippen molar-refractivity contribution in [3.8, 4) is 17.1 Å². The minimum Gasteiger partial charge on any atom is -0.490 e. The average Bonchev–Trinajstić information content (AvgIpc) is 2.86. The standard InChI is InChI=1S/C13H15N3O3/c17-7-11-4-13(19-16-11)9-3-12(6-14-5-9)18-8-10-1-2-15-10/h3-6,10,15,17H,1-2,7-8H2/t10-/m0/s1. The van der Waals surface area contributed by atoms with Crippen LogP contribution in [0.25, 0.3) is 11.3 Å². The van der Waals surface area contributed by atoms with Crippen molar-refractivity contribution in [2.75, 3.05) is 13.2 Å². The minimum absolute atomic E-state index is 0.138. The zero-order chi connectivity index (χ0) is 13.1. The Morgan fingerprint density at radius 1 is 1.42 bits per heavy atom. The quantitative estimate of drug-likeness (QED) is 0.834. The molecule has 3 heterocycles. The van der Waals surface area contributed by atoms with E-state index in [-0.39, 0.29) is 6.61 Å². The number of aliphatic hydroxyl groups excluding tert-OH is 1. The summed E-state index contributed by atoms with van der Waals surface area (Å²) in [4.78, 5) is 4.12. The van der Waals surface area contributed by atoms with Gasteiger partial charge in [0.15, 0.2) is 5.76 Å². The van der Waals surface area contributed by atoms with E-state index in [0.29, 0.717) is 29.9 Å². The van der Waals surface area contributed by atoms with E-state index < -0.39 is 0 Å². The Bertz CT molecular complexity index is 552. The van der Waals surface area contributed by atoms with Gasteiger partial charge in [-0.05, 0) is 19.0 Å². The first-order valence-electron chi connectivity index (χ1n) is 6.23. The fourth-order valence-electron chi connectivity index (χ4n) is 1.84. The summed E-state index contributed by atoms with van der Waals surface area (Å²) in [5, 5.41) is 16.0. The van der Waals surface area contributed by atoms with E-state index in [2.05, 4.69) is 15.5 Å². The maximum atomic E-state index is 8.96. The molecule has 1 aliphatic heterocycles. The topological polar surface area (TPSA) is 80.4 Å². The van der Waals surface area contributed by atoms with Crippen LogP contribution in [0.15, 0.2) is 29.0 Å². The van der Waals surface area contributed by atoms with Gasteiger partial charge in [-0.3, -0.25) is 4.98 Å². The van der Waals surface area contributed by atoms with Crippen molar-refractivity contribution in [3.63, 3.8) is 0 Å². The molecule has 100 valence electrons. The first-order chi connectivity index (χ1) is 9.35. The zero-order valence-corrected chi connectivity index (χ0v) is 10.4. The second kappa shape index (κ2) is 5.38.